The fourth-order valence-corrected chi connectivity index (χ4v) is 8.17. The van der Waals surface area contributed by atoms with Gasteiger partial charge in [-0.1, -0.05) is 30.2 Å². The molecule has 6 rings (SSSR count). The topological polar surface area (TPSA) is 78.3 Å². The van der Waals surface area contributed by atoms with Gasteiger partial charge in [0.05, 0.1) is 28.6 Å². The van der Waals surface area contributed by atoms with E-state index in [1.807, 2.05) is 12.1 Å². The maximum absolute atomic E-state index is 13.4. The van der Waals surface area contributed by atoms with Crippen LogP contribution in [0.2, 0.25) is 5.02 Å². The number of aliphatic hydroxyl groups is 1. The van der Waals surface area contributed by atoms with E-state index in [9.17, 15) is 9.32 Å². The summed E-state index contributed by atoms with van der Waals surface area (Å²) in [6.07, 6.45) is 8.21. The van der Waals surface area contributed by atoms with Crippen molar-refractivity contribution in [3.8, 4) is 0 Å². The maximum atomic E-state index is 13.4. The first-order valence-corrected chi connectivity index (χ1v) is 13.9. The third-order valence-electron chi connectivity index (χ3n) is 8.28. The van der Waals surface area contributed by atoms with Gasteiger partial charge in [-0.25, -0.2) is 4.98 Å². The smallest absolute Gasteiger partial charge is 0.227 e. The molecule has 3 atom stereocenters. The van der Waals surface area contributed by atoms with Gasteiger partial charge in [-0.05, 0) is 68.6 Å². The fourth-order valence-electron chi connectivity index (χ4n) is 6.10. The van der Waals surface area contributed by atoms with Crippen molar-refractivity contribution < 1.29 is 9.32 Å². The average molecular weight is 487 g/mol. The predicted octanol–water partition coefficient (Wildman–Crippen LogP) is 4.60. The molecule has 1 aromatic carbocycles. The summed E-state index contributed by atoms with van der Waals surface area (Å²) in [5.74, 6) is 2.25. The number of anilines is 2. The van der Waals surface area contributed by atoms with Crippen molar-refractivity contribution in [2.75, 3.05) is 29.9 Å². The first-order valence-electron chi connectivity index (χ1n) is 12.3. The summed E-state index contributed by atoms with van der Waals surface area (Å²) >= 11 is 6.07. The normalized spacial score (nSPS) is 28.3. The monoisotopic (exact) mass is 486 g/mol. The quantitative estimate of drug-likeness (QED) is 0.643. The zero-order chi connectivity index (χ0) is 22.6. The Morgan fingerprint density at radius 3 is 2.52 bits per heavy atom. The van der Waals surface area contributed by atoms with Gasteiger partial charge in [0.25, 0.3) is 0 Å². The lowest BCUT2D eigenvalue weighted by Gasteiger charge is -2.42. The largest absolute Gasteiger partial charge is 0.394 e. The highest BCUT2D eigenvalue weighted by Crippen LogP contribution is 2.50. The number of fused-ring (bicyclic) bond motifs is 3. The number of rotatable bonds is 5. The van der Waals surface area contributed by atoms with E-state index in [0.717, 1.165) is 86.0 Å². The van der Waals surface area contributed by atoms with Gasteiger partial charge in [0.2, 0.25) is 5.95 Å². The van der Waals surface area contributed by atoms with Crippen molar-refractivity contribution in [2.45, 2.75) is 78.9 Å². The van der Waals surface area contributed by atoms with Crippen molar-refractivity contribution in [1.29, 1.82) is 0 Å². The fraction of sp³-hybridized carbons (Fsp3) is 0.600. The van der Waals surface area contributed by atoms with Crippen LogP contribution in [0.15, 0.2) is 29.2 Å². The maximum Gasteiger partial charge on any atom is 0.227 e. The Morgan fingerprint density at radius 2 is 1.85 bits per heavy atom. The van der Waals surface area contributed by atoms with Crippen LogP contribution >= 0.6 is 11.6 Å². The molecule has 0 radical (unpaired) electrons. The van der Waals surface area contributed by atoms with Crippen molar-refractivity contribution in [3.63, 3.8) is 0 Å². The summed E-state index contributed by atoms with van der Waals surface area (Å²) in [7, 11) is -1.07. The molecule has 2 aliphatic carbocycles. The van der Waals surface area contributed by atoms with Crippen molar-refractivity contribution in [1.82, 2.24) is 9.97 Å². The van der Waals surface area contributed by atoms with Gasteiger partial charge in [0.15, 0.2) is 0 Å². The standard InChI is InChI=1S/C25H31ClN4O2S/c26-18-7-5-16(6-8-18)17-9-13-30(14-10-17)24-27-21-19-3-1-4-20(19)33(32)22(21)23(28-24)29-25(15-31)11-2-12-25/h5-8,17,19-20,31H,1-4,9-15H2,(H,27,28,29). The highest BCUT2D eigenvalue weighted by Gasteiger charge is 2.47. The Balaban J connectivity index is 1.29. The van der Waals surface area contributed by atoms with E-state index in [2.05, 4.69) is 22.3 Å². The van der Waals surface area contributed by atoms with Gasteiger partial charge in [-0.3, -0.25) is 4.21 Å². The van der Waals surface area contributed by atoms with E-state index in [0.29, 0.717) is 11.7 Å². The van der Waals surface area contributed by atoms with E-state index >= 15 is 0 Å². The highest BCUT2D eigenvalue weighted by atomic mass is 35.5. The van der Waals surface area contributed by atoms with Gasteiger partial charge in [0.1, 0.15) is 10.7 Å². The molecule has 1 saturated heterocycles. The summed E-state index contributed by atoms with van der Waals surface area (Å²) in [6.45, 7) is 1.87. The molecule has 4 aliphatic rings. The molecule has 8 heteroatoms. The summed E-state index contributed by atoms with van der Waals surface area (Å²) in [6, 6.07) is 8.22. The van der Waals surface area contributed by atoms with E-state index < -0.39 is 10.8 Å². The van der Waals surface area contributed by atoms with Gasteiger partial charge < -0.3 is 15.3 Å². The molecule has 2 N–H and O–H groups in total. The summed E-state index contributed by atoms with van der Waals surface area (Å²) < 4.78 is 13.4. The van der Waals surface area contributed by atoms with E-state index in [1.165, 1.54) is 5.56 Å². The van der Waals surface area contributed by atoms with Gasteiger partial charge in [-0.15, -0.1) is 0 Å². The number of aliphatic hydroxyl groups excluding tert-OH is 1. The lowest BCUT2D eigenvalue weighted by Crippen LogP contribution is -2.49. The molecule has 0 bridgehead atoms. The molecule has 6 nitrogen and oxygen atoms in total. The molecule has 3 fully saturated rings. The van der Waals surface area contributed by atoms with Crippen molar-refractivity contribution >= 4 is 34.2 Å². The lowest BCUT2D eigenvalue weighted by molar-refractivity contribution is 0.143. The Kier molecular flexibility index (Phi) is 5.62. The molecule has 3 heterocycles. The second-order valence-electron chi connectivity index (χ2n) is 10.2. The first-order chi connectivity index (χ1) is 16.1. The molecule has 176 valence electrons. The molecule has 2 saturated carbocycles. The Bertz CT molecular complexity index is 1060. The summed E-state index contributed by atoms with van der Waals surface area (Å²) in [5.41, 5.74) is 2.01. The minimum absolute atomic E-state index is 0.0765. The van der Waals surface area contributed by atoms with Crippen LogP contribution in [-0.4, -0.2) is 49.8 Å². The second kappa shape index (κ2) is 8.51. The van der Waals surface area contributed by atoms with Crippen LogP contribution in [-0.2, 0) is 10.8 Å². The minimum atomic E-state index is -1.07. The number of nitrogens with zero attached hydrogens (tertiary/aromatic N) is 3. The van der Waals surface area contributed by atoms with Crippen LogP contribution in [0.4, 0.5) is 11.8 Å². The number of hydrogen-bond acceptors (Lipinski definition) is 6. The Hall–Kier alpha value is -1.70. The molecule has 33 heavy (non-hydrogen) atoms. The van der Waals surface area contributed by atoms with E-state index in [1.54, 1.807) is 0 Å². The van der Waals surface area contributed by atoms with E-state index in [4.69, 9.17) is 21.6 Å². The molecule has 1 aromatic heterocycles. The SMILES string of the molecule is O=S1c2c(NC3(CO)CCC3)nc(N3CCC(c4ccc(Cl)cc4)CC3)nc2C2CCCC21. The number of aromatic nitrogens is 2. The van der Waals surface area contributed by atoms with Crippen LogP contribution in [0.25, 0.3) is 0 Å². The number of benzene rings is 1. The highest BCUT2D eigenvalue weighted by molar-refractivity contribution is 7.86. The molecule has 2 aliphatic heterocycles. The molecule has 3 unspecified atom stereocenters. The third-order valence-corrected chi connectivity index (χ3v) is 10.4. The zero-order valence-electron chi connectivity index (χ0n) is 18.8. The summed E-state index contributed by atoms with van der Waals surface area (Å²) in [5, 5.41) is 14.5. The summed E-state index contributed by atoms with van der Waals surface area (Å²) in [4.78, 5) is 13.1. The number of piperidine rings is 1. The Morgan fingerprint density at radius 1 is 1.09 bits per heavy atom. The number of halogens is 1. The molecular weight excluding hydrogens is 456 g/mol. The van der Waals surface area contributed by atoms with E-state index in [-0.39, 0.29) is 23.3 Å². The average Bonchev–Trinajstić information content (AvgIpc) is 3.40. The molecule has 2 aromatic rings. The zero-order valence-corrected chi connectivity index (χ0v) is 20.4. The van der Waals surface area contributed by atoms with Gasteiger partial charge in [0, 0.05) is 29.3 Å². The lowest BCUT2D eigenvalue weighted by atomic mass is 9.77. The van der Waals surface area contributed by atoms with Crippen LogP contribution < -0.4 is 10.2 Å². The first kappa shape index (κ1) is 21.8. The second-order valence-corrected chi connectivity index (χ2v) is 12.2. The molecular formula is C25H31ClN4O2S. The third kappa shape index (κ3) is 3.76. The van der Waals surface area contributed by atoms with Gasteiger partial charge in [-0.2, -0.15) is 4.98 Å². The van der Waals surface area contributed by atoms with Crippen LogP contribution in [0.3, 0.4) is 0 Å². The van der Waals surface area contributed by atoms with Crippen LogP contribution in [0.5, 0.6) is 0 Å². The molecule has 0 spiro atoms. The van der Waals surface area contributed by atoms with Crippen molar-refractivity contribution in [3.05, 3.63) is 40.5 Å². The molecule has 0 amide bonds. The number of hydrogen-bond donors (Lipinski definition) is 2. The number of nitrogens with one attached hydrogen (secondary N) is 1. The van der Waals surface area contributed by atoms with Crippen LogP contribution in [0.1, 0.15) is 74.5 Å². The van der Waals surface area contributed by atoms with Crippen molar-refractivity contribution in [2.24, 2.45) is 0 Å². The minimum Gasteiger partial charge on any atom is -0.394 e. The Labute approximate surface area is 202 Å². The predicted molar refractivity (Wildman–Crippen MR) is 132 cm³/mol. The van der Waals surface area contributed by atoms with Crippen LogP contribution in [0, 0.1) is 0 Å². The van der Waals surface area contributed by atoms with Gasteiger partial charge >= 0.3 is 0 Å².